The summed E-state index contributed by atoms with van der Waals surface area (Å²) in [6, 6.07) is 25.3. The van der Waals surface area contributed by atoms with Gasteiger partial charge in [0, 0.05) is 5.56 Å². The molecule has 0 saturated carbocycles. The smallest absolute Gasteiger partial charge is 0.141 e. The number of para-hydroxylation sites is 2. The number of hydrogen-bond acceptors (Lipinski definition) is 2. The Morgan fingerprint density at radius 3 is 2.24 bits per heavy atom. The molecule has 0 amide bonds. The van der Waals surface area contributed by atoms with Crippen molar-refractivity contribution in [3.05, 3.63) is 83.9 Å². The lowest BCUT2D eigenvalue weighted by Crippen LogP contribution is -2.11. The molecule has 3 nitrogen and oxygen atoms in total. The van der Waals surface area contributed by atoms with Crippen LogP contribution in [0.15, 0.2) is 72.8 Å². The monoisotopic (exact) mass is 384 g/mol. The van der Waals surface area contributed by atoms with E-state index in [1.807, 2.05) is 6.07 Å². The predicted octanol–water partition coefficient (Wildman–Crippen LogP) is 6.39. The van der Waals surface area contributed by atoms with Gasteiger partial charge in [-0.3, -0.25) is 0 Å². The maximum Gasteiger partial charge on any atom is 0.141 e. The van der Waals surface area contributed by atoms with E-state index in [1.54, 1.807) is 0 Å². The van der Waals surface area contributed by atoms with Crippen molar-refractivity contribution in [3.63, 3.8) is 0 Å². The van der Waals surface area contributed by atoms with Gasteiger partial charge < -0.3 is 9.30 Å². The van der Waals surface area contributed by atoms with Gasteiger partial charge >= 0.3 is 0 Å². The van der Waals surface area contributed by atoms with E-state index in [4.69, 9.17) is 9.72 Å². The number of benzene rings is 3. The summed E-state index contributed by atoms with van der Waals surface area (Å²) in [5.74, 6) is 1.89. The van der Waals surface area contributed by atoms with Crippen molar-refractivity contribution in [1.29, 1.82) is 0 Å². The number of fused-ring (bicyclic) bond motifs is 1. The molecule has 0 fully saturated rings. The van der Waals surface area contributed by atoms with Crippen LogP contribution < -0.4 is 4.74 Å². The highest BCUT2D eigenvalue weighted by molar-refractivity contribution is 5.80. The molecule has 29 heavy (non-hydrogen) atoms. The second-order valence-electron chi connectivity index (χ2n) is 8.56. The average Bonchev–Trinajstić information content (AvgIpc) is 3.07. The Hall–Kier alpha value is -3.07. The molecule has 1 aromatic heterocycles. The Morgan fingerprint density at radius 2 is 1.55 bits per heavy atom. The first kappa shape index (κ1) is 19.3. The summed E-state index contributed by atoms with van der Waals surface area (Å²) in [7, 11) is 0. The maximum atomic E-state index is 6.06. The standard InChI is InChI=1S/C26H28N2O/c1-19-9-11-20(12-10-19)25-27-23-7-5-6-8-24(23)28(25)17-18-29-22-15-13-21(14-16-22)26(2,3)4/h5-16H,17-18H2,1-4H3. The topological polar surface area (TPSA) is 27.1 Å². The first-order valence-electron chi connectivity index (χ1n) is 10.2. The Bertz CT molecular complexity index is 1100. The number of rotatable bonds is 5. The van der Waals surface area contributed by atoms with Gasteiger partial charge in [-0.05, 0) is 42.2 Å². The van der Waals surface area contributed by atoms with E-state index in [2.05, 4.69) is 99.0 Å². The zero-order valence-corrected chi connectivity index (χ0v) is 17.6. The van der Waals surface area contributed by atoms with Gasteiger partial charge in [-0.1, -0.05) is 74.9 Å². The third-order valence-electron chi connectivity index (χ3n) is 5.27. The van der Waals surface area contributed by atoms with E-state index in [0.717, 1.165) is 34.7 Å². The zero-order chi connectivity index (χ0) is 20.4. The van der Waals surface area contributed by atoms with Crippen molar-refractivity contribution in [3.8, 4) is 17.1 Å². The van der Waals surface area contributed by atoms with Crippen LogP contribution in [0.5, 0.6) is 5.75 Å². The summed E-state index contributed by atoms with van der Waals surface area (Å²) in [6.07, 6.45) is 0. The van der Waals surface area contributed by atoms with E-state index in [9.17, 15) is 0 Å². The van der Waals surface area contributed by atoms with Crippen LogP contribution in [0.25, 0.3) is 22.4 Å². The Balaban J connectivity index is 1.56. The van der Waals surface area contributed by atoms with Crippen molar-refractivity contribution in [1.82, 2.24) is 9.55 Å². The van der Waals surface area contributed by atoms with E-state index in [0.29, 0.717) is 6.61 Å². The molecule has 0 unspecified atom stereocenters. The Labute approximate surface area is 173 Å². The molecule has 0 radical (unpaired) electrons. The number of aryl methyl sites for hydroxylation is 1. The second-order valence-corrected chi connectivity index (χ2v) is 8.56. The summed E-state index contributed by atoms with van der Waals surface area (Å²) in [5, 5.41) is 0. The molecule has 3 aromatic carbocycles. The molecule has 4 rings (SSSR count). The summed E-state index contributed by atoms with van der Waals surface area (Å²) in [5.41, 5.74) is 5.98. The summed E-state index contributed by atoms with van der Waals surface area (Å²) >= 11 is 0. The zero-order valence-electron chi connectivity index (χ0n) is 17.6. The number of imidazole rings is 1. The summed E-state index contributed by atoms with van der Waals surface area (Å²) in [6.45, 7) is 10.1. The minimum Gasteiger partial charge on any atom is -0.492 e. The molecule has 0 aliphatic carbocycles. The van der Waals surface area contributed by atoms with Crippen LogP contribution in [0.2, 0.25) is 0 Å². The largest absolute Gasteiger partial charge is 0.492 e. The van der Waals surface area contributed by atoms with Gasteiger partial charge in [-0.2, -0.15) is 0 Å². The van der Waals surface area contributed by atoms with Crippen LogP contribution in [-0.4, -0.2) is 16.2 Å². The molecule has 0 saturated heterocycles. The van der Waals surface area contributed by atoms with Gasteiger partial charge in [0.15, 0.2) is 0 Å². The van der Waals surface area contributed by atoms with Crippen LogP contribution in [0.1, 0.15) is 31.9 Å². The molecule has 0 bridgehead atoms. The van der Waals surface area contributed by atoms with Crippen LogP contribution in [0.3, 0.4) is 0 Å². The quantitative estimate of drug-likeness (QED) is 0.399. The molecule has 0 spiro atoms. The highest BCUT2D eigenvalue weighted by atomic mass is 16.5. The lowest BCUT2D eigenvalue weighted by molar-refractivity contribution is 0.300. The molecule has 1 heterocycles. The number of ether oxygens (including phenoxy) is 1. The van der Waals surface area contributed by atoms with Crippen molar-refractivity contribution >= 4 is 11.0 Å². The van der Waals surface area contributed by atoms with Gasteiger partial charge in [0.1, 0.15) is 18.2 Å². The lowest BCUT2D eigenvalue weighted by Gasteiger charge is -2.19. The molecule has 0 atom stereocenters. The molecular weight excluding hydrogens is 356 g/mol. The fourth-order valence-electron chi connectivity index (χ4n) is 3.53. The molecule has 0 N–H and O–H groups in total. The van der Waals surface area contributed by atoms with Crippen molar-refractivity contribution in [2.75, 3.05) is 6.61 Å². The summed E-state index contributed by atoms with van der Waals surface area (Å²) < 4.78 is 8.31. The highest BCUT2D eigenvalue weighted by Gasteiger charge is 2.14. The number of nitrogens with zero attached hydrogens (tertiary/aromatic N) is 2. The maximum absolute atomic E-state index is 6.06. The Kier molecular flexibility index (Phi) is 5.14. The number of aromatic nitrogens is 2. The Morgan fingerprint density at radius 1 is 0.862 bits per heavy atom. The van der Waals surface area contributed by atoms with Gasteiger partial charge in [0.2, 0.25) is 0 Å². The molecule has 4 aromatic rings. The minimum absolute atomic E-state index is 0.150. The minimum atomic E-state index is 0.150. The fourth-order valence-corrected chi connectivity index (χ4v) is 3.53. The van der Waals surface area contributed by atoms with E-state index in [1.165, 1.54) is 11.1 Å². The molecule has 148 valence electrons. The van der Waals surface area contributed by atoms with Crippen LogP contribution in [-0.2, 0) is 12.0 Å². The van der Waals surface area contributed by atoms with Crippen molar-refractivity contribution in [2.24, 2.45) is 0 Å². The van der Waals surface area contributed by atoms with Crippen LogP contribution in [0.4, 0.5) is 0 Å². The lowest BCUT2D eigenvalue weighted by atomic mass is 9.87. The second kappa shape index (κ2) is 7.75. The van der Waals surface area contributed by atoms with Crippen molar-refractivity contribution < 1.29 is 4.74 Å². The van der Waals surface area contributed by atoms with Crippen LogP contribution >= 0.6 is 0 Å². The first-order chi connectivity index (χ1) is 13.9. The molecular formula is C26H28N2O. The third-order valence-corrected chi connectivity index (χ3v) is 5.27. The molecule has 0 aliphatic heterocycles. The van der Waals surface area contributed by atoms with Gasteiger partial charge in [0.05, 0.1) is 17.6 Å². The van der Waals surface area contributed by atoms with E-state index in [-0.39, 0.29) is 5.41 Å². The molecule has 0 aliphatic rings. The third kappa shape index (κ3) is 4.19. The molecule has 3 heteroatoms. The number of hydrogen-bond donors (Lipinski definition) is 0. The SMILES string of the molecule is Cc1ccc(-c2nc3ccccc3n2CCOc2ccc(C(C)(C)C)cc2)cc1. The fraction of sp³-hybridized carbons (Fsp3) is 0.269. The van der Waals surface area contributed by atoms with E-state index >= 15 is 0 Å². The van der Waals surface area contributed by atoms with Gasteiger partial charge in [-0.25, -0.2) is 4.98 Å². The van der Waals surface area contributed by atoms with Gasteiger partial charge in [-0.15, -0.1) is 0 Å². The van der Waals surface area contributed by atoms with E-state index < -0.39 is 0 Å². The van der Waals surface area contributed by atoms with Crippen molar-refractivity contribution in [2.45, 2.75) is 39.7 Å². The normalized spacial score (nSPS) is 11.7. The van der Waals surface area contributed by atoms with Gasteiger partial charge in [0.25, 0.3) is 0 Å². The predicted molar refractivity (Wildman–Crippen MR) is 121 cm³/mol. The van der Waals surface area contributed by atoms with Crippen LogP contribution in [0, 0.1) is 6.92 Å². The summed E-state index contributed by atoms with van der Waals surface area (Å²) in [4.78, 5) is 4.88. The average molecular weight is 385 g/mol. The highest BCUT2D eigenvalue weighted by Crippen LogP contribution is 2.26. The first-order valence-corrected chi connectivity index (χ1v) is 10.2.